The standard InChI is InChI=1S/C13H22ClN3S/c1-17(11-6-3-2-4-7-11)9-5-8-15-13-16-12(14)10-18-13/h10-11H,2-9H2,1H3,(H,15,16). The molecule has 0 atom stereocenters. The van der Waals surface area contributed by atoms with Gasteiger partial charge in [0, 0.05) is 18.0 Å². The summed E-state index contributed by atoms with van der Waals surface area (Å²) in [7, 11) is 2.26. The Morgan fingerprint density at radius 1 is 1.44 bits per heavy atom. The fourth-order valence-corrected chi connectivity index (χ4v) is 3.43. The second-order valence-corrected chi connectivity index (χ2v) is 6.27. The van der Waals surface area contributed by atoms with Crippen LogP contribution in [0.5, 0.6) is 0 Å². The Balaban J connectivity index is 1.59. The van der Waals surface area contributed by atoms with Crippen LogP contribution in [0.2, 0.25) is 5.15 Å². The Labute approximate surface area is 119 Å². The third-order valence-electron chi connectivity index (χ3n) is 3.64. The third-order valence-corrected chi connectivity index (χ3v) is 4.76. The monoisotopic (exact) mass is 287 g/mol. The van der Waals surface area contributed by atoms with Gasteiger partial charge in [-0.15, -0.1) is 11.3 Å². The largest absolute Gasteiger partial charge is 0.361 e. The summed E-state index contributed by atoms with van der Waals surface area (Å²) in [4.78, 5) is 6.70. The van der Waals surface area contributed by atoms with Crippen molar-refractivity contribution in [2.45, 2.75) is 44.6 Å². The van der Waals surface area contributed by atoms with Crippen molar-refractivity contribution in [1.29, 1.82) is 0 Å². The number of rotatable bonds is 6. The predicted molar refractivity (Wildman–Crippen MR) is 79.7 cm³/mol. The van der Waals surface area contributed by atoms with E-state index in [4.69, 9.17) is 11.6 Å². The second-order valence-electron chi connectivity index (χ2n) is 5.03. The van der Waals surface area contributed by atoms with Crippen molar-refractivity contribution in [2.75, 3.05) is 25.5 Å². The Bertz CT molecular complexity index is 350. The molecule has 18 heavy (non-hydrogen) atoms. The van der Waals surface area contributed by atoms with Gasteiger partial charge in [-0.05, 0) is 32.9 Å². The first-order valence-electron chi connectivity index (χ1n) is 6.81. The number of hydrogen-bond acceptors (Lipinski definition) is 4. The van der Waals surface area contributed by atoms with E-state index in [2.05, 4.69) is 22.2 Å². The lowest BCUT2D eigenvalue weighted by atomic mass is 9.94. The van der Waals surface area contributed by atoms with Crippen LogP contribution < -0.4 is 5.32 Å². The molecule has 1 N–H and O–H groups in total. The molecule has 0 unspecified atom stereocenters. The van der Waals surface area contributed by atoms with Crippen molar-refractivity contribution in [2.24, 2.45) is 0 Å². The molecular formula is C13H22ClN3S. The topological polar surface area (TPSA) is 28.2 Å². The smallest absolute Gasteiger partial charge is 0.184 e. The number of aromatic nitrogens is 1. The minimum atomic E-state index is 0.585. The quantitative estimate of drug-likeness (QED) is 0.805. The second kappa shape index (κ2) is 7.31. The number of halogens is 1. The van der Waals surface area contributed by atoms with Crippen molar-refractivity contribution in [1.82, 2.24) is 9.88 Å². The third kappa shape index (κ3) is 4.41. The minimum Gasteiger partial charge on any atom is -0.361 e. The molecular weight excluding hydrogens is 266 g/mol. The molecule has 102 valence electrons. The molecule has 0 aliphatic heterocycles. The van der Waals surface area contributed by atoms with Crippen LogP contribution in [-0.2, 0) is 0 Å². The van der Waals surface area contributed by atoms with Gasteiger partial charge < -0.3 is 10.2 Å². The molecule has 1 saturated carbocycles. The van der Waals surface area contributed by atoms with Crippen LogP contribution in [0.25, 0.3) is 0 Å². The number of hydrogen-bond donors (Lipinski definition) is 1. The van der Waals surface area contributed by atoms with E-state index >= 15 is 0 Å². The molecule has 5 heteroatoms. The van der Waals surface area contributed by atoms with E-state index < -0.39 is 0 Å². The van der Waals surface area contributed by atoms with E-state index in [1.807, 2.05) is 5.38 Å². The van der Waals surface area contributed by atoms with E-state index in [0.29, 0.717) is 5.15 Å². The molecule has 0 amide bonds. The van der Waals surface area contributed by atoms with Crippen molar-refractivity contribution in [3.8, 4) is 0 Å². The van der Waals surface area contributed by atoms with Crippen molar-refractivity contribution < 1.29 is 0 Å². The van der Waals surface area contributed by atoms with Gasteiger partial charge in [-0.25, -0.2) is 4.98 Å². The van der Waals surface area contributed by atoms with Gasteiger partial charge in [0.2, 0.25) is 0 Å². The predicted octanol–water partition coefficient (Wildman–Crippen LogP) is 3.86. The van der Waals surface area contributed by atoms with Crippen LogP contribution in [0.1, 0.15) is 38.5 Å². The van der Waals surface area contributed by atoms with Gasteiger partial charge in [0.25, 0.3) is 0 Å². The first kappa shape index (κ1) is 14.1. The van der Waals surface area contributed by atoms with Crippen LogP contribution in [0.3, 0.4) is 0 Å². The lowest BCUT2D eigenvalue weighted by molar-refractivity contribution is 0.191. The van der Waals surface area contributed by atoms with Crippen LogP contribution in [0, 0.1) is 0 Å². The number of thiazole rings is 1. The van der Waals surface area contributed by atoms with Crippen LogP contribution in [0.4, 0.5) is 5.13 Å². The summed E-state index contributed by atoms with van der Waals surface area (Å²) in [6.07, 6.45) is 8.16. The van der Waals surface area contributed by atoms with E-state index in [9.17, 15) is 0 Å². The van der Waals surface area contributed by atoms with Gasteiger partial charge in [0.15, 0.2) is 5.13 Å². The lowest BCUT2D eigenvalue weighted by Gasteiger charge is -2.31. The first-order valence-corrected chi connectivity index (χ1v) is 8.06. The minimum absolute atomic E-state index is 0.585. The molecule has 0 spiro atoms. The molecule has 1 heterocycles. The summed E-state index contributed by atoms with van der Waals surface area (Å²) in [6, 6.07) is 0.813. The maximum atomic E-state index is 5.78. The zero-order chi connectivity index (χ0) is 12.8. The van der Waals surface area contributed by atoms with Crippen molar-refractivity contribution in [3.63, 3.8) is 0 Å². The van der Waals surface area contributed by atoms with Gasteiger partial charge in [-0.2, -0.15) is 0 Å². The molecule has 0 saturated heterocycles. The highest BCUT2D eigenvalue weighted by Crippen LogP contribution is 2.22. The van der Waals surface area contributed by atoms with Crippen LogP contribution in [-0.4, -0.2) is 36.1 Å². The fourth-order valence-electron chi connectivity index (χ4n) is 2.56. The van der Waals surface area contributed by atoms with Gasteiger partial charge in [-0.3, -0.25) is 0 Å². The Kier molecular flexibility index (Phi) is 5.73. The van der Waals surface area contributed by atoms with Crippen LogP contribution >= 0.6 is 22.9 Å². The first-order chi connectivity index (χ1) is 8.75. The summed E-state index contributed by atoms with van der Waals surface area (Å²) in [5.74, 6) is 0. The molecule has 3 nitrogen and oxygen atoms in total. The van der Waals surface area contributed by atoms with Crippen molar-refractivity contribution >= 4 is 28.1 Å². The summed E-state index contributed by atoms with van der Waals surface area (Å²) < 4.78 is 0. The Morgan fingerprint density at radius 2 is 2.22 bits per heavy atom. The van der Waals surface area contributed by atoms with Crippen molar-refractivity contribution in [3.05, 3.63) is 10.5 Å². The molecule has 0 radical (unpaired) electrons. The molecule has 1 aliphatic carbocycles. The number of nitrogens with zero attached hydrogens (tertiary/aromatic N) is 2. The fraction of sp³-hybridized carbons (Fsp3) is 0.769. The molecule has 0 bridgehead atoms. The Hall–Kier alpha value is -0.320. The molecule has 1 aliphatic rings. The van der Waals surface area contributed by atoms with Gasteiger partial charge in [0.1, 0.15) is 5.15 Å². The maximum Gasteiger partial charge on any atom is 0.184 e. The van der Waals surface area contributed by atoms with Gasteiger partial charge in [0.05, 0.1) is 0 Å². The summed E-state index contributed by atoms with van der Waals surface area (Å²) in [5, 5.41) is 6.70. The van der Waals surface area contributed by atoms with Gasteiger partial charge >= 0.3 is 0 Å². The van der Waals surface area contributed by atoms with E-state index in [-0.39, 0.29) is 0 Å². The summed E-state index contributed by atoms with van der Waals surface area (Å²) in [6.45, 7) is 2.14. The molecule has 1 aromatic heterocycles. The van der Waals surface area contributed by atoms with E-state index in [1.54, 1.807) is 11.3 Å². The molecule has 2 rings (SSSR count). The highest BCUT2D eigenvalue weighted by atomic mass is 35.5. The van der Waals surface area contributed by atoms with E-state index in [1.165, 1.54) is 32.1 Å². The summed E-state index contributed by atoms with van der Waals surface area (Å²) >= 11 is 7.34. The average molecular weight is 288 g/mol. The molecule has 1 fully saturated rings. The average Bonchev–Trinajstić information content (AvgIpc) is 2.81. The zero-order valence-corrected chi connectivity index (χ0v) is 12.6. The SMILES string of the molecule is CN(CCCNc1nc(Cl)cs1)C1CCCCC1. The maximum absolute atomic E-state index is 5.78. The molecule has 1 aromatic rings. The van der Waals surface area contributed by atoms with E-state index in [0.717, 1.165) is 30.7 Å². The lowest BCUT2D eigenvalue weighted by Crippen LogP contribution is -2.34. The Morgan fingerprint density at radius 3 is 2.89 bits per heavy atom. The summed E-state index contributed by atoms with van der Waals surface area (Å²) in [5.41, 5.74) is 0. The number of anilines is 1. The normalized spacial score (nSPS) is 17.3. The molecule has 0 aromatic carbocycles. The number of nitrogens with one attached hydrogen (secondary N) is 1. The highest BCUT2D eigenvalue weighted by Gasteiger charge is 2.17. The zero-order valence-electron chi connectivity index (χ0n) is 11.0. The van der Waals surface area contributed by atoms with Gasteiger partial charge in [-0.1, -0.05) is 30.9 Å². The van der Waals surface area contributed by atoms with Crippen LogP contribution in [0.15, 0.2) is 5.38 Å². The highest BCUT2D eigenvalue weighted by molar-refractivity contribution is 7.14.